The SMILES string of the molecule is Cl.O=C(CCN1C(=O)CCc2ccccc21)NCC1CNCC1O. The molecule has 1 fully saturated rings. The van der Waals surface area contributed by atoms with Gasteiger partial charge in [-0.2, -0.15) is 0 Å². The molecule has 2 unspecified atom stereocenters. The zero-order chi connectivity index (χ0) is 16.2. The summed E-state index contributed by atoms with van der Waals surface area (Å²) in [5, 5.41) is 15.7. The van der Waals surface area contributed by atoms with Crippen molar-refractivity contribution in [3.63, 3.8) is 0 Å². The fraction of sp³-hybridized carbons (Fsp3) is 0.529. The van der Waals surface area contributed by atoms with Crippen molar-refractivity contribution in [3.8, 4) is 0 Å². The standard InChI is InChI=1S/C17H23N3O3.ClH/c21-15-11-18-9-13(15)10-19-16(22)7-8-20-14-4-2-1-3-12(14)5-6-17(20)23;/h1-4,13,15,18,21H,5-11H2,(H,19,22);1H. The summed E-state index contributed by atoms with van der Waals surface area (Å²) in [7, 11) is 0. The number of para-hydroxylation sites is 1. The van der Waals surface area contributed by atoms with Crippen molar-refractivity contribution in [2.24, 2.45) is 5.92 Å². The van der Waals surface area contributed by atoms with Gasteiger partial charge in [-0.15, -0.1) is 12.4 Å². The highest BCUT2D eigenvalue weighted by Gasteiger charge is 2.26. The molecule has 0 aliphatic carbocycles. The van der Waals surface area contributed by atoms with Gasteiger partial charge in [-0.05, 0) is 18.1 Å². The van der Waals surface area contributed by atoms with Crippen molar-refractivity contribution < 1.29 is 14.7 Å². The Hall–Kier alpha value is -1.63. The fourth-order valence-corrected chi connectivity index (χ4v) is 3.22. The number of fused-ring (bicyclic) bond motifs is 1. The van der Waals surface area contributed by atoms with Gasteiger partial charge in [0, 0.05) is 50.6 Å². The second-order valence-corrected chi connectivity index (χ2v) is 6.21. The smallest absolute Gasteiger partial charge is 0.227 e. The zero-order valence-corrected chi connectivity index (χ0v) is 14.3. The van der Waals surface area contributed by atoms with Crippen LogP contribution in [0.15, 0.2) is 24.3 Å². The molecule has 6 nitrogen and oxygen atoms in total. The molecule has 2 amide bonds. The molecule has 3 rings (SSSR count). The second-order valence-electron chi connectivity index (χ2n) is 6.21. The minimum absolute atomic E-state index is 0. The van der Waals surface area contributed by atoms with Crippen LogP contribution in [0.25, 0.3) is 0 Å². The third kappa shape index (κ3) is 4.26. The third-order valence-electron chi connectivity index (χ3n) is 4.62. The minimum atomic E-state index is -0.397. The molecular formula is C17H24ClN3O3. The van der Waals surface area contributed by atoms with E-state index >= 15 is 0 Å². The number of anilines is 1. The van der Waals surface area contributed by atoms with E-state index in [1.54, 1.807) is 4.90 Å². The first-order valence-corrected chi connectivity index (χ1v) is 8.19. The van der Waals surface area contributed by atoms with E-state index in [1.807, 2.05) is 24.3 Å². The predicted molar refractivity (Wildman–Crippen MR) is 94.4 cm³/mol. The summed E-state index contributed by atoms with van der Waals surface area (Å²) in [6.07, 6.45) is 1.14. The topological polar surface area (TPSA) is 81.7 Å². The molecule has 3 N–H and O–H groups in total. The van der Waals surface area contributed by atoms with Gasteiger partial charge in [0.2, 0.25) is 11.8 Å². The van der Waals surface area contributed by atoms with Gasteiger partial charge in [-0.1, -0.05) is 18.2 Å². The van der Waals surface area contributed by atoms with Crippen LogP contribution in [0, 0.1) is 5.92 Å². The largest absolute Gasteiger partial charge is 0.391 e. The molecule has 1 saturated heterocycles. The summed E-state index contributed by atoms with van der Waals surface area (Å²) in [6.45, 7) is 2.17. The highest BCUT2D eigenvalue weighted by molar-refractivity contribution is 5.96. The number of halogens is 1. The van der Waals surface area contributed by atoms with Gasteiger partial charge in [-0.3, -0.25) is 9.59 Å². The van der Waals surface area contributed by atoms with E-state index in [9.17, 15) is 14.7 Å². The molecule has 0 radical (unpaired) electrons. The molecule has 0 bridgehead atoms. The molecule has 1 aromatic carbocycles. The molecule has 0 aromatic heterocycles. The van der Waals surface area contributed by atoms with Gasteiger partial charge in [0.15, 0.2) is 0 Å². The number of carbonyl (C=O) groups is 2. The van der Waals surface area contributed by atoms with Crippen LogP contribution in [0.1, 0.15) is 18.4 Å². The number of nitrogens with one attached hydrogen (secondary N) is 2. The van der Waals surface area contributed by atoms with Gasteiger partial charge < -0.3 is 20.6 Å². The van der Waals surface area contributed by atoms with Crippen LogP contribution in [0.3, 0.4) is 0 Å². The molecule has 0 spiro atoms. The number of aliphatic hydroxyl groups excluding tert-OH is 1. The minimum Gasteiger partial charge on any atom is -0.391 e. The lowest BCUT2D eigenvalue weighted by atomic mass is 10.0. The van der Waals surface area contributed by atoms with Crippen LogP contribution in [0.2, 0.25) is 0 Å². The molecule has 7 heteroatoms. The number of β-amino-alcohol motifs (C(OH)–C–C–N with tert-alkyl or cyclic N) is 1. The summed E-state index contributed by atoms with van der Waals surface area (Å²) >= 11 is 0. The number of hydrogen-bond acceptors (Lipinski definition) is 4. The molecule has 2 aliphatic heterocycles. The molecule has 2 aliphatic rings. The maximum atomic E-state index is 12.1. The average molecular weight is 354 g/mol. The van der Waals surface area contributed by atoms with E-state index < -0.39 is 6.10 Å². The van der Waals surface area contributed by atoms with Gasteiger partial charge in [0.05, 0.1) is 6.10 Å². The van der Waals surface area contributed by atoms with Crippen LogP contribution in [-0.4, -0.2) is 49.2 Å². The zero-order valence-electron chi connectivity index (χ0n) is 13.5. The Bertz CT molecular complexity index is 596. The van der Waals surface area contributed by atoms with Gasteiger partial charge in [0.1, 0.15) is 0 Å². The lowest BCUT2D eigenvalue weighted by Crippen LogP contribution is -2.39. The van der Waals surface area contributed by atoms with Crippen molar-refractivity contribution >= 4 is 29.9 Å². The van der Waals surface area contributed by atoms with E-state index in [0.29, 0.717) is 26.1 Å². The first-order valence-electron chi connectivity index (χ1n) is 8.19. The number of aryl methyl sites for hydroxylation is 1. The van der Waals surface area contributed by atoms with E-state index in [2.05, 4.69) is 10.6 Å². The van der Waals surface area contributed by atoms with E-state index in [0.717, 1.165) is 24.2 Å². The molecule has 0 saturated carbocycles. The monoisotopic (exact) mass is 353 g/mol. The van der Waals surface area contributed by atoms with Gasteiger partial charge >= 0.3 is 0 Å². The Labute approximate surface area is 148 Å². The van der Waals surface area contributed by atoms with Crippen LogP contribution in [0.4, 0.5) is 5.69 Å². The van der Waals surface area contributed by atoms with Crippen molar-refractivity contribution in [2.75, 3.05) is 31.1 Å². The Morgan fingerprint density at radius 1 is 1.29 bits per heavy atom. The number of carbonyl (C=O) groups excluding carboxylic acids is 2. The molecular weight excluding hydrogens is 330 g/mol. The number of rotatable bonds is 5. The molecule has 2 heterocycles. The maximum absolute atomic E-state index is 12.1. The van der Waals surface area contributed by atoms with Crippen LogP contribution < -0.4 is 15.5 Å². The summed E-state index contributed by atoms with van der Waals surface area (Å²) in [6, 6.07) is 7.85. The van der Waals surface area contributed by atoms with Gasteiger partial charge in [0.25, 0.3) is 0 Å². The quantitative estimate of drug-likeness (QED) is 0.719. The van der Waals surface area contributed by atoms with E-state index in [4.69, 9.17) is 0 Å². The van der Waals surface area contributed by atoms with Gasteiger partial charge in [-0.25, -0.2) is 0 Å². The summed E-state index contributed by atoms with van der Waals surface area (Å²) in [4.78, 5) is 25.9. The summed E-state index contributed by atoms with van der Waals surface area (Å²) in [5.41, 5.74) is 2.08. The first-order chi connectivity index (χ1) is 11.1. The first kappa shape index (κ1) is 18.7. The number of aliphatic hydroxyl groups is 1. The van der Waals surface area contributed by atoms with Crippen molar-refractivity contribution in [1.82, 2.24) is 10.6 Å². The fourth-order valence-electron chi connectivity index (χ4n) is 3.22. The van der Waals surface area contributed by atoms with Crippen LogP contribution in [0.5, 0.6) is 0 Å². The molecule has 132 valence electrons. The Kier molecular flexibility index (Phi) is 6.60. The second kappa shape index (κ2) is 8.46. The molecule has 24 heavy (non-hydrogen) atoms. The van der Waals surface area contributed by atoms with E-state index in [-0.39, 0.29) is 36.6 Å². The normalized spacial score (nSPS) is 22.7. The lowest BCUT2D eigenvalue weighted by molar-refractivity contribution is -0.121. The van der Waals surface area contributed by atoms with Crippen molar-refractivity contribution in [2.45, 2.75) is 25.4 Å². The Morgan fingerprint density at radius 2 is 2.08 bits per heavy atom. The summed E-state index contributed by atoms with van der Waals surface area (Å²) in [5.74, 6) is 0.0585. The van der Waals surface area contributed by atoms with Crippen molar-refractivity contribution in [3.05, 3.63) is 29.8 Å². The average Bonchev–Trinajstić information content (AvgIpc) is 2.97. The number of amides is 2. The Balaban J connectivity index is 0.00000208. The predicted octanol–water partition coefficient (Wildman–Crippen LogP) is 0.474. The highest BCUT2D eigenvalue weighted by Crippen LogP contribution is 2.27. The van der Waals surface area contributed by atoms with Crippen LogP contribution >= 0.6 is 12.4 Å². The molecule has 2 atom stereocenters. The van der Waals surface area contributed by atoms with E-state index in [1.165, 1.54) is 0 Å². The highest BCUT2D eigenvalue weighted by atomic mass is 35.5. The molecule has 1 aromatic rings. The third-order valence-corrected chi connectivity index (χ3v) is 4.62. The number of benzene rings is 1. The summed E-state index contributed by atoms with van der Waals surface area (Å²) < 4.78 is 0. The maximum Gasteiger partial charge on any atom is 0.227 e. The number of nitrogens with zero attached hydrogens (tertiary/aromatic N) is 1. The van der Waals surface area contributed by atoms with Crippen LogP contribution in [-0.2, 0) is 16.0 Å². The van der Waals surface area contributed by atoms with Crippen molar-refractivity contribution in [1.29, 1.82) is 0 Å². The lowest BCUT2D eigenvalue weighted by Gasteiger charge is -2.29. The number of hydrogen-bond donors (Lipinski definition) is 3. The Morgan fingerprint density at radius 3 is 2.83 bits per heavy atom.